The van der Waals surface area contributed by atoms with Gasteiger partial charge in [0.25, 0.3) is 5.91 Å². The van der Waals surface area contributed by atoms with Gasteiger partial charge in [-0.05, 0) is 17.2 Å². The molecule has 2 radical (unpaired) electrons. The van der Waals surface area contributed by atoms with Crippen LogP contribution in [0.25, 0.3) is 0 Å². The SMILES string of the molecule is CC(C)(C)[Si]OCCc1ncccc1C(=O)N1CCOCC1. The van der Waals surface area contributed by atoms with Gasteiger partial charge in [-0.25, -0.2) is 0 Å². The summed E-state index contributed by atoms with van der Waals surface area (Å²) < 4.78 is 11.0. The van der Waals surface area contributed by atoms with Gasteiger partial charge >= 0.3 is 0 Å². The van der Waals surface area contributed by atoms with E-state index >= 15 is 0 Å². The third-order valence-corrected chi connectivity index (χ3v) is 4.20. The fourth-order valence-electron chi connectivity index (χ4n) is 2.18. The molecule has 22 heavy (non-hydrogen) atoms. The van der Waals surface area contributed by atoms with E-state index in [4.69, 9.17) is 9.16 Å². The van der Waals surface area contributed by atoms with Crippen LogP contribution in [0.5, 0.6) is 0 Å². The normalized spacial score (nSPS) is 15.9. The fraction of sp³-hybridized carbons (Fsp3) is 0.625. The summed E-state index contributed by atoms with van der Waals surface area (Å²) in [6.45, 7) is 9.56. The van der Waals surface area contributed by atoms with Gasteiger partial charge in [0.1, 0.15) is 0 Å². The molecule has 2 heterocycles. The molecule has 0 unspecified atom stereocenters. The van der Waals surface area contributed by atoms with Gasteiger partial charge in [0.2, 0.25) is 9.76 Å². The predicted octanol–water partition coefficient (Wildman–Crippen LogP) is 1.95. The van der Waals surface area contributed by atoms with Gasteiger partial charge in [-0.2, -0.15) is 0 Å². The van der Waals surface area contributed by atoms with E-state index < -0.39 is 0 Å². The minimum atomic E-state index is 0.0460. The highest BCUT2D eigenvalue weighted by atomic mass is 28.2. The first kappa shape index (κ1) is 17.1. The van der Waals surface area contributed by atoms with Crippen LogP contribution >= 0.6 is 0 Å². The van der Waals surface area contributed by atoms with E-state index in [1.54, 1.807) is 6.20 Å². The molecular weight excluding hydrogens is 296 g/mol. The molecule has 1 aliphatic heterocycles. The smallest absolute Gasteiger partial charge is 0.255 e. The lowest BCUT2D eigenvalue weighted by Crippen LogP contribution is -2.41. The Morgan fingerprint density at radius 1 is 1.41 bits per heavy atom. The van der Waals surface area contributed by atoms with E-state index in [9.17, 15) is 4.79 Å². The highest BCUT2D eigenvalue weighted by molar-refractivity contribution is 6.31. The standard InChI is InChI=1S/C16H24N2O3Si/c1-16(2,3)22-21-10-6-14-13(5-4-7-17-14)15(19)18-8-11-20-12-9-18/h4-5,7H,6,8-12H2,1-3H3. The van der Waals surface area contributed by atoms with Crippen molar-refractivity contribution in [3.05, 3.63) is 29.6 Å². The van der Waals surface area contributed by atoms with E-state index in [-0.39, 0.29) is 10.9 Å². The Balaban J connectivity index is 1.95. The first-order valence-electron chi connectivity index (χ1n) is 7.67. The van der Waals surface area contributed by atoms with Crippen LogP contribution in [-0.4, -0.2) is 58.5 Å². The molecule has 0 spiro atoms. The summed E-state index contributed by atoms with van der Waals surface area (Å²) in [7, 11) is 0.449. The van der Waals surface area contributed by atoms with Crippen molar-refractivity contribution in [2.24, 2.45) is 0 Å². The molecule has 1 aromatic heterocycles. The lowest BCUT2D eigenvalue weighted by atomic mass is 10.1. The molecule has 5 nitrogen and oxygen atoms in total. The van der Waals surface area contributed by atoms with Crippen LogP contribution in [-0.2, 0) is 15.6 Å². The predicted molar refractivity (Wildman–Crippen MR) is 86.1 cm³/mol. The Labute approximate surface area is 135 Å². The third-order valence-electron chi connectivity index (χ3n) is 3.24. The van der Waals surface area contributed by atoms with Crippen molar-refractivity contribution in [3.63, 3.8) is 0 Å². The number of morpholine rings is 1. The van der Waals surface area contributed by atoms with Crippen LogP contribution in [0.1, 0.15) is 36.8 Å². The van der Waals surface area contributed by atoms with E-state index in [1.165, 1.54) is 0 Å². The fourth-order valence-corrected chi connectivity index (χ4v) is 2.82. The van der Waals surface area contributed by atoms with Crippen molar-refractivity contribution >= 4 is 15.7 Å². The van der Waals surface area contributed by atoms with Crippen molar-refractivity contribution in [2.75, 3.05) is 32.9 Å². The number of aromatic nitrogens is 1. The highest BCUT2D eigenvalue weighted by Gasteiger charge is 2.21. The maximum Gasteiger partial charge on any atom is 0.255 e. The molecule has 0 aromatic carbocycles. The summed E-state index contributed by atoms with van der Waals surface area (Å²) in [6.07, 6.45) is 2.40. The van der Waals surface area contributed by atoms with Crippen LogP contribution in [0.2, 0.25) is 5.04 Å². The second kappa shape index (κ2) is 7.85. The molecule has 1 aromatic rings. The molecule has 0 atom stereocenters. The van der Waals surface area contributed by atoms with Gasteiger partial charge in [-0.1, -0.05) is 20.8 Å². The van der Waals surface area contributed by atoms with Gasteiger partial charge < -0.3 is 14.1 Å². The first-order chi connectivity index (χ1) is 10.5. The maximum absolute atomic E-state index is 12.6. The molecule has 0 bridgehead atoms. The zero-order valence-electron chi connectivity index (χ0n) is 13.6. The van der Waals surface area contributed by atoms with Crippen LogP contribution in [0.15, 0.2) is 18.3 Å². The summed E-state index contributed by atoms with van der Waals surface area (Å²) in [5.41, 5.74) is 1.50. The number of rotatable bonds is 5. The topological polar surface area (TPSA) is 51.7 Å². The average molecular weight is 320 g/mol. The van der Waals surface area contributed by atoms with Crippen molar-refractivity contribution in [1.82, 2.24) is 9.88 Å². The van der Waals surface area contributed by atoms with Crippen LogP contribution in [0, 0.1) is 0 Å². The molecule has 2 rings (SSSR count). The van der Waals surface area contributed by atoms with Crippen molar-refractivity contribution in [1.29, 1.82) is 0 Å². The monoisotopic (exact) mass is 320 g/mol. The Kier molecular flexibility index (Phi) is 6.11. The van der Waals surface area contributed by atoms with Gasteiger partial charge in [0, 0.05) is 32.3 Å². The number of hydrogen-bond acceptors (Lipinski definition) is 4. The number of nitrogens with zero attached hydrogens (tertiary/aromatic N) is 2. The second-order valence-electron chi connectivity index (χ2n) is 6.35. The Morgan fingerprint density at radius 2 is 2.14 bits per heavy atom. The number of carbonyl (C=O) groups is 1. The molecule has 1 aliphatic rings. The Bertz CT molecular complexity index is 496. The largest absolute Gasteiger partial charge is 0.416 e. The average Bonchev–Trinajstić information content (AvgIpc) is 2.51. The molecule has 0 aliphatic carbocycles. The summed E-state index contributed by atoms with van der Waals surface area (Å²) in [6, 6.07) is 3.67. The number of ether oxygens (including phenoxy) is 1. The van der Waals surface area contributed by atoms with E-state index in [0.29, 0.717) is 54.7 Å². The van der Waals surface area contributed by atoms with Crippen molar-refractivity contribution < 1.29 is 14.0 Å². The van der Waals surface area contributed by atoms with Gasteiger partial charge in [0.15, 0.2) is 0 Å². The third kappa shape index (κ3) is 5.19. The van der Waals surface area contributed by atoms with E-state index in [1.807, 2.05) is 17.0 Å². The Morgan fingerprint density at radius 3 is 2.82 bits per heavy atom. The lowest BCUT2D eigenvalue weighted by Gasteiger charge is -2.27. The molecule has 1 amide bonds. The molecule has 0 saturated carbocycles. The van der Waals surface area contributed by atoms with Gasteiger partial charge in [0.05, 0.1) is 24.5 Å². The zero-order chi connectivity index (χ0) is 16.0. The Hall–Kier alpha value is -1.24. The molecule has 6 heteroatoms. The molecule has 1 saturated heterocycles. The van der Waals surface area contributed by atoms with Crippen molar-refractivity contribution in [3.8, 4) is 0 Å². The van der Waals surface area contributed by atoms with Gasteiger partial charge in [-0.3, -0.25) is 9.78 Å². The maximum atomic E-state index is 12.6. The van der Waals surface area contributed by atoms with Crippen LogP contribution < -0.4 is 0 Å². The molecule has 120 valence electrons. The zero-order valence-corrected chi connectivity index (χ0v) is 14.6. The molecule has 1 fully saturated rings. The first-order valence-corrected chi connectivity index (χ1v) is 8.58. The van der Waals surface area contributed by atoms with Crippen LogP contribution in [0.3, 0.4) is 0 Å². The number of carbonyl (C=O) groups excluding carboxylic acids is 1. The lowest BCUT2D eigenvalue weighted by molar-refractivity contribution is 0.0301. The van der Waals surface area contributed by atoms with E-state index in [0.717, 1.165) is 5.69 Å². The van der Waals surface area contributed by atoms with E-state index in [2.05, 4.69) is 25.8 Å². The summed E-state index contributed by atoms with van der Waals surface area (Å²) in [5.74, 6) is 0.0460. The number of amides is 1. The summed E-state index contributed by atoms with van der Waals surface area (Å²) in [4.78, 5) is 18.8. The van der Waals surface area contributed by atoms with Gasteiger partial charge in [-0.15, -0.1) is 0 Å². The molecule has 0 N–H and O–H groups in total. The second-order valence-corrected chi connectivity index (χ2v) is 8.35. The summed E-state index contributed by atoms with van der Waals surface area (Å²) >= 11 is 0. The van der Waals surface area contributed by atoms with Crippen molar-refractivity contribution in [2.45, 2.75) is 32.2 Å². The quantitative estimate of drug-likeness (QED) is 0.615. The number of pyridine rings is 1. The minimum absolute atomic E-state index is 0.0460. The highest BCUT2D eigenvalue weighted by Crippen LogP contribution is 2.20. The summed E-state index contributed by atoms with van der Waals surface area (Å²) in [5, 5.41) is 0.177. The minimum Gasteiger partial charge on any atom is -0.416 e. The molecular formula is C16H24N2O3Si. The number of hydrogen-bond donors (Lipinski definition) is 0. The van der Waals surface area contributed by atoms with Crippen LogP contribution in [0.4, 0.5) is 0 Å².